The first-order chi connectivity index (χ1) is 11.5. The average Bonchev–Trinajstić information content (AvgIpc) is 3.24. The lowest BCUT2D eigenvalue weighted by atomic mass is 10.1. The summed E-state index contributed by atoms with van der Waals surface area (Å²) in [6, 6.07) is 1.81. The van der Waals surface area contributed by atoms with Crippen LogP contribution in [0.1, 0.15) is 59.8 Å². The molecule has 1 amide bonds. The number of nitrogens with zero attached hydrogens (tertiary/aromatic N) is 1. The maximum atomic E-state index is 13.0. The monoisotopic (exact) mass is 376 g/mol. The van der Waals surface area contributed by atoms with Crippen LogP contribution in [0.5, 0.6) is 0 Å². The minimum atomic E-state index is -4.62. The number of hydrogen-bond acceptors (Lipinski definition) is 4. The van der Waals surface area contributed by atoms with Crippen LogP contribution in [0.4, 0.5) is 13.2 Å². The Morgan fingerprint density at radius 2 is 1.88 bits per heavy atom. The number of alkyl halides is 3. The van der Waals surface area contributed by atoms with Crippen molar-refractivity contribution in [3.63, 3.8) is 0 Å². The molecule has 1 heterocycles. The van der Waals surface area contributed by atoms with Crippen molar-refractivity contribution < 1.29 is 26.4 Å². The maximum absolute atomic E-state index is 13.0. The van der Waals surface area contributed by atoms with E-state index in [9.17, 15) is 26.4 Å². The van der Waals surface area contributed by atoms with Crippen LogP contribution in [-0.2, 0) is 16.0 Å². The summed E-state index contributed by atoms with van der Waals surface area (Å²) >= 11 is 0. The number of pyridine rings is 1. The number of rotatable bonds is 4. The van der Waals surface area contributed by atoms with Crippen LogP contribution in [0.15, 0.2) is 12.1 Å². The van der Waals surface area contributed by atoms with Gasteiger partial charge in [0, 0.05) is 29.5 Å². The van der Waals surface area contributed by atoms with Crippen molar-refractivity contribution in [2.45, 2.75) is 55.5 Å². The molecule has 0 bridgehead atoms. The average molecular weight is 376 g/mol. The topological polar surface area (TPSA) is 76.1 Å². The first kappa shape index (κ1) is 18.2. The standard InChI is InChI=1S/C16H19F3N2O3S/c1-25(23,24)12-5-4-11(8-12)20-15(22)10-6-13(9-2-3-9)21-14(7-10)16(17,18)19/h6-7,9,11-12H,2-5,8H2,1H3,(H,20,22). The van der Waals surface area contributed by atoms with E-state index >= 15 is 0 Å². The van der Waals surface area contributed by atoms with Gasteiger partial charge in [-0.25, -0.2) is 13.4 Å². The number of carbonyl (C=O) groups is 1. The number of halogens is 3. The molecule has 1 N–H and O–H groups in total. The summed E-state index contributed by atoms with van der Waals surface area (Å²) in [5, 5.41) is 2.15. The molecule has 2 atom stereocenters. The lowest BCUT2D eigenvalue weighted by Crippen LogP contribution is -2.34. The highest BCUT2D eigenvalue weighted by Crippen LogP contribution is 2.40. The molecule has 2 aliphatic carbocycles. The Balaban J connectivity index is 1.77. The second-order valence-electron chi connectivity index (χ2n) is 6.87. The normalized spacial score (nSPS) is 24.3. The highest BCUT2D eigenvalue weighted by molar-refractivity contribution is 7.91. The molecule has 25 heavy (non-hydrogen) atoms. The van der Waals surface area contributed by atoms with Crippen molar-refractivity contribution in [2.24, 2.45) is 0 Å². The summed E-state index contributed by atoms with van der Waals surface area (Å²) in [6.45, 7) is 0. The zero-order valence-corrected chi connectivity index (χ0v) is 14.5. The van der Waals surface area contributed by atoms with Gasteiger partial charge in [0.05, 0.1) is 5.25 Å². The molecular weight excluding hydrogens is 357 g/mol. The number of hydrogen-bond donors (Lipinski definition) is 1. The van der Waals surface area contributed by atoms with E-state index in [-0.39, 0.29) is 23.9 Å². The van der Waals surface area contributed by atoms with Crippen LogP contribution in [-0.4, -0.2) is 36.9 Å². The van der Waals surface area contributed by atoms with Gasteiger partial charge < -0.3 is 5.32 Å². The predicted octanol–water partition coefficient (Wildman–Crippen LogP) is 2.67. The van der Waals surface area contributed by atoms with Gasteiger partial charge in [-0.1, -0.05) is 0 Å². The van der Waals surface area contributed by atoms with E-state index in [1.165, 1.54) is 6.07 Å². The van der Waals surface area contributed by atoms with Crippen molar-refractivity contribution in [1.82, 2.24) is 10.3 Å². The van der Waals surface area contributed by atoms with Crippen molar-refractivity contribution in [3.8, 4) is 0 Å². The molecule has 0 spiro atoms. The van der Waals surface area contributed by atoms with E-state index in [1.807, 2.05) is 0 Å². The van der Waals surface area contributed by atoms with E-state index in [0.29, 0.717) is 18.5 Å². The summed E-state index contributed by atoms with van der Waals surface area (Å²) in [5.74, 6) is -0.635. The van der Waals surface area contributed by atoms with Crippen molar-refractivity contribution >= 4 is 15.7 Å². The van der Waals surface area contributed by atoms with Gasteiger partial charge in [-0.3, -0.25) is 4.79 Å². The first-order valence-corrected chi connectivity index (χ1v) is 10.1. The first-order valence-electron chi connectivity index (χ1n) is 8.13. The van der Waals surface area contributed by atoms with Gasteiger partial charge in [0.25, 0.3) is 5.91 Å². The highest BCUT2D eigenvalue weighted by Gasteiger charge is 2.37. The fraction of sp³-hybridized carbons (Fsp3) is 0.625. The molecule has 0 saturated heterocycles. The van der Waals surface area contributed by atoms with Gasteiger partial charge >= 0.3 is 6.18 Å². The molecule has 5 nitrogen and oxygen atoms in total. The number of carbonyl (C=O) groups excluding carboxylic acids is 1. The van der Waals surface area contributed by atoms with Crippen LogP contribution >= 0.6 is 0 Å². The fourth-order valence-electron chi connectivity index (χ4n) is 3.15. The fourth-order valence-corrected chi connectivity index (χ4v) is 4.29. The van der Waals surface area contributed by atoms with Gasteiger partial charge in [-0.15, -0.1) is 0 Å². The van der Waals surface area contributed by atoms with Crippen LogP contribution in [0.3, 0.4) is 0 Å². The predicted molar refractivity (Wildman–Crippen MR) is 85.0 cm³/mol. The largest absolute Gasteiger partial charge is 0.433 e. The summed E-state index contributed by atoms with van der Waals surface area (Å²) in [7, 11) is -3.18. The Morgan fingerprint density at radius 1 is 1.20 bits per heavy atom. The Morgan fingerprint density at radius 3 is 2.40 bits per heavy atom. The van der Waals surface area contributed by atoms with Crippen molar-refractivity contribution in [2.75, 3.05) is 6.26 Å². The smallest absolute Gasteiger partial charge is 0.349 e. The number of sulfone groups is 1. The molecule has 1 aromatic heterocycles. The molecule has 2 saturated carbocycles. The van der Waals surface area contributed by atoms with Crippen LogP contribution in [0.25, 0.3) is 0 Å². The number of aromatic nitrogens is 1. The molecule has 3 rings (SSSR count). The van der Waals surface area contributed by atoms with Crippen LogP contribution in [0, 0.1) is 0 Å². The SMILES string of the molecule is CS(=O)(=O)C1CCC(NC(=O)c2cc(C3CC3)nc(C(F)(F)F)c2)C1. The summed E-state index contributed by atoms with van der Waals surface area (Å²) in [5.41, 5.74) is -0.852. The quantitative estimate of drug-likeness (QED) is 0.877. The van der Waals surface area contributed by atoms with Crippen LogP contribution in [0.2, 0.25) is 0 Å². The second-order valence-corrected chi connectivity index (χ2v) is 9.20. The van der Waals surface area contributed by atoms with E-state index in [1.54, 1.807) is 0 Å². The van der Waals surface area contributed by atoms with Gasteiger partial charge in [-0.05, 0) is 44.2 Å². The Bertz CT molecular complexity index is 788. The van der Waals surface area contributed by atoms with Gasteiger partial charge in [0.1, 0.15) is 15.5 Å². The maximum Gasteiger partial charge on any atom is 0.433 e. The number of amides is 1. The molecule has 2 unspecified atom stereocenters. The Hall–Kier alpha value is -1.64. The third-order valence-electron chi connectivity index (χ3n) is 4.72. The van der Waals surface area contributed by atoms with Crippen LogP contribution < -0.4 is 5.32 Å². The zero-order valence-electron chi connectivity index (χ0n) is 13.6. The Kier molecular flexibility index (Phi) is 4.55. The third-order valence-corrected chi connectivity index (χ3v) is 6.36. The summed E-state index contributed by atoms with van der Waals surface area (Å²) in [4.78, 5) is 16.0. The van der Waals surface area contributed by atoms with E-state index < -0.39 is 32.9 Å². The zero-order chi connectivity index (χ0) is 18.4. The lowest BCUT2D eigenvalue weighted by molar-refractivity contribution is -0.141. The van der Waals surface area contributed by atoms with Crippen molar-refractivity contribution in [1.29, 1.82) is 0 Å². The second kappa shape index (κ2) is 6.26. The van der Waals surface area contributed by atoms with Gasteiger partial charge in [0.2, 0.25) is 0 Å². The molecule has 9 heteroatoms. The molecule has 0 aliphatic heterocycles. The minimum absolute atomic E-state index is 0.0186. The van der Waals surface area contributed by atoms with Crippen molar-refractivity contribution in [3.05, 3.63) is 29.1 Å². The van der Waals surface area contributed by atoms with E-state index in [0.717, 1.165) is 25.2 Å². The number of nitrogens with one attached hydrogen (secondary N) is 1. The molecular formula is C16H19F3N2O3S. The molecule has 138 valence electrons. The van der Waals surface area contributed by atoms with Gasteiger partial charge in [0.15, 0.2) is 0 Å². The highest BCUT2D eigenvalue weighted by atomic mass is 32.2. The molecule has 2 fully saturated rings. The third kappa shape index (κ3) is 4.31. The summed E-state index contributed by atoms with van der Waals surface area (Å²) < 4.78 is 62.2. The van der Waals surface area contributed by atoms with E-state index in [2.05, 4.69) is 10.3 Å². The molecule has 0 radical (unpaired) electrons. The molecule has 0 aromatic carbocycles. The van der Waals surface area contributed by atoms with E-state index in [4.69, 9.17) is 0 Å². The minimum Gasteiger partial charge on any atom is -0.349 e. The Labute approximate surface area is 143 Å². The lowest BCUT2D eigenvalue weighted by Gasteiger charge is -2.15. The molecule has 1 aromatic rings. The van der Waals surface area contributed by atoms with Gasteiger partial charge in [-0.2, -0.15) is 13.2 Å². The molecule has 2 aliphatic rings. The summed E-state index contributed by atoms with van der Waals surface area (Å²) in [6.07, 6.45) is -0.687.